The molecule has 6 rings (SSSR count). The number of rotatable bonds is 1. The van der Waals surface area contributed by atoms with Gasteiger partial charge in [-0.15, -0.1) is 0 Å². The molecular weight excluding hydrogens is 398 g/mol. The lowest BCUT2D eigenvalue weighted by Gasteiger charge is -2.65. The van der Waals surface area contributed by atoms with E-state index in [0.29, 0.717) is 50.6 Å². The van der Waals surface area contributed by atoms with Gasteiger partial charge in [-0.3, -0.25) is 0 Å². The van der Waals surface area contributed by atoms with E-state index in [-0.39, 0.29) is 10.8 Å². The summed E-state index contributed by atoms with van der Waals surface area (Å²) in [5.74, 6) is 0.286. The normalized spacial score (nSPS) is 51.1. The maximum atomic E-state index is 12.3. The van der Waals surface area contributed by atoms with E-state index >= 15 is 0 Å². The SMILES string of the molecule is CO/N=C1\C[C@H]2[C@@H]3CCC4(OCCO4)[C@@]3(C)CC[C@@H]2[C@@]2(C)CCC3(C[C@]12O)OCCO3. The van der Waals surface area contributed by atoms with Crippen LogP contribution in [0.5, 0.6) is 0 Å². The van der Waals surface area contributed by atoms with Gasteiger partial charge in [-0.2, -0.15) is 0 Å². The van der Waals surface area contributed by atoms with E-state index in [0.717, 1.165) is 50.7 Å². The molecule has 31 heavy (non-hydrogen) atoms. The third kappa shape index (κ3) is 2.50. The van der Waals surface area contributed by atoms with Crippen LogP contribution in [0.25, 0.3) is 0 Å². The van der Waals surface area contributed by atoms with Gasteiger partial charge in [-0.05, 0) is 49.9 Å². The van der Waals surface area contributed by atoms with Crippen LogP contribution in [0.15, 0.2) is 5.16 Å². The zero-order chi connectivity index (χ0) is 21.5. The number of nitrogens with zero attached hydrogens (tertiary/aromatic N) is 1. The second-order valence-electron chi connectivity index (χ2n) is 11.3. The average Bonchev–Trinajstić information content (AvgIpc) is 3.46. The van der Waals surface area contributed by atoms with E-state index in [4.69, 9.17) is 23.8 Å². The lowest BCUT2D eigenvalue weighted by atomic mass is 9.42. The minimum atomic E-state index is -1.07. The summed E-state index contributed by atoms with van der Waals surface area (Å²) in [7, 11) is 1.58. The van der Waals surface area contributed by atoms with Gasteiger partial charge in [0.05, 0.1) is 32.1 Å². The Morgan fingerprint density at radius 1 is 0.871 bits per heavy atom. The Morgan fingerprint density at radius 3 is 2.23 bits per heavy atom. The molecule has 0 bridgehead atoms. The molecule has 7 heteroatoms. The van der Waals surface area contributed by atoms with E-state index in [1.165, 1.54) is 0 Å². The van der Waals surface area contributed by atoms with Crippen molar-refractivity contribution in [3.05, 3.63) is 0 Å². The molecule has 2 saturated heterocycles. The molecule has 174 valence electrons. The van der Waals surface area contributed by atoms with Crippen LogP contribution in [0.3, 0.4) is 0 Å². The van der Waals surface area contributed by atoms with Gasteiger partial charge in [-0.1, -0.05) is 19.0 Å². The predicted molar refractivity (Wildman–Crippen MR) is 112 cm³/mol. The topological polar surface area (TPSA) is 78.7 Å². The summed E-state index contributed by atoms with van der Waals surface area (Å²) in [6, 6.07) is 0. The molecule has 0 aromatic carbocycles. The highest BCUT2D eigenvalue weighted by molar-refractivity contribution is 5.94. The first kappa shape index (κ1) is 20.8. The lowest BCUT2D eigenvalue weighted by Crippen LogP contribution is -2.69. The first-order chi connectivity index (χ1) is 14.8. The molecule has 0 radical (unpaired) electrons. The third-order valence-corrected chi connectivity index (χ3v) is 10.5. The van der Waals surface area contributed by atoms with Crippen molar-refractivity contribution in [3.8, 4) is 0 Å². The Hall–Kier alpha value is -0.730. The minimum absolute atomic E-state index is 0.0161. The van der Waals surface area contributed by atoms with Crippen LogP contribution in [-0.4, -0.2) is 61.5 Å². The molecule has 4 saturated carbocycles. The van der Waals surface area contributed by atoms with Crippen LogP contribution in [0.4, 0.5) is 0 Å². The highest BCUT2D eigenvalue weighted by atomic mass is 16.7. The smallest absolute Gasteiger partial charge is 0.174 e. The highest BCUT2D eigenvalue weighted by Crippen LogP contribution is 2.70. The van der Waals surface area contributed by atoms with Crippen LogP contribution in [-0.2, 0) is 23.8 Å². The molecule has 2 aliphatic heterocycles. The summed E-state index contributed by atoms with van der Waals surface area (Å²) in [6.07, 6.45) is 7.15. The maximum Gasteiger partial charge on any atom is 0.174 e. The van der Waals surface area contributed by atoms with Crippen LogP contribution < -0.4 is 0 Å². The lowest BCUT2D eigenvalue weighted by molar-refractivity contribution is -0.270. The average molecular weight is 436 g/mol. The molecule has 0 amide bonds. The highest BCUT2D eigenvalue weighted by Gasteiger charge is 2.72. The zero-order valence-electron chi connectivity index (χ0n) is 19.2. The Kier molecular flexibility index (Phi) is 4.48. The molecule has 6 aliphatic rings. The van der Waals surface area contributed by atoms with E-state index in [1.807, 2.05) is 0 Å². The molecule has 0 aromatic heterocycles. The van der Waals surface area contributed by atoms with Crippen molar-refractivity contribution < 1.29 is 28.9 Å². The second kappa shape index (κ2) is 6.66. The van der Waals surface area contributed by atoms with E-state index < -0.39 is 17.2 Å². The largest absolute Gasteiger partial charge is 0.399 e. The molecular formula is C24H37NO6. The summed E-state index contributed by atoms with van der Waals surface area (Å²) in [6.45, 7) is 7.26. The van der Waals surface area contributed by atoms with Crippen molar-refractivity contribution in [2.45, 2.75) is 82.4 Å². The van der Waals surface area contributed by atoms with Gasteiger partial charge in [0.15, 0.2) is 11.6 Å². The Bertz CT molecular complexity index is 774. The molecule has 6 fully saturated rings. The number of fused-ring (bicyclic) bond motifs is 6. The van der Waals surface area contributed by atoms with Crippen molar-refractivity contribution in [2.75, 3.05) is 33.5 Å². The molecule has 1 N–H and O–H groups in total. The summed E-state index contributed by atoms with van der Waals surface area (Å²) < 4.78 is 24.6. The molecule has 6 atom stereocenters. The van der Waals surface area contributed by atoms with E-state index in [2.05, 4.69) is 19.0 Å². The molecule has 4 aliphatic carbocycles. The monoisotopic (exact) mass is 435 g/mol. The first-order valence-electron chi connectivity index (χ1n) is 12.2. The van der Waals surface area contributed by atoms with Crippen LogP contribution in [0, 0.1) is 28.6 Å². The maximum absolute atomic E-state index is 12.3. The van der Waals surface area contributed by atoms with Crippen molar-refractivity contribution in [2.24, 2.45) is 33.7 Å². The number of ether oxygens (including phenoxy) is 4. The van der Waals surface area contributed by atoms with Crippen molar-refractivity contribution >= 4 is 5.71 Å². The fourth-order valence-corrected chi connectivity index (χ4v) is 8.87. The fourth-order valence-electron chi connectivity index (χ4n) is 8.87. The van der Waals surface area contributed by atoms with Crippen molar-refractivity contribution in [1.29, 1.82) is 0 Å². The molecule has 2 heterocycles. The third-order valence-electron chi connectivity index (χ3n) is 10.5. The minimum Gasteiger partial charge on any atom is -0.399 e. The van der Waals surface area contributed by atoms with Crippen molar-refractivity contribution in [3.63, 3.8) is 0 Å². The molecule has 0 unspecified atom stereocenters. The van der Waals surface area contributed by atoms with Crippen LogP contribution in [0.2, 0.25) is 0 Å². The number of hydrogen-bond acceptors (Lipinski definition) is 7. The molecule has 0 aromatic rings. The van der Waals surface area contributed by atoms with Crippen molar-refractivity contribution in [1.82, 2.24) is 0 Å². The molecule has 2 spiro atoms. The van der Waals surface area contributed by atoms with Crippen LogP contribution >= 0.6 is 0 Å². The van der Waals surface area contributed by atoms with Gasteiger partial charge in [0.1, 0.15) is 12.7 Å². The van der Waals surface area contributed by atoms with Gasteiger partial charge in [0.25, 0.3) is 0 Å². The van der Waals surface area contributed by atoms with Gasteiger partial charge >= 0.3 is 0 Å². The number of aliphatic hydroxyl groups is 1. The fraction of sp³-hybridized carbons (Fsp3) is 0.958. The van der Waals surface area contributed by atoms with Gasteiger partial charge < -0.3 is 28.9 Å². The van der Waals surface area contributed by atoms with E-state index in [9.17, 15) is 5.11 Å². The summed E-state index contributed by atoms with van der Waals surface area (Å²) in [4.78, 5) is 5.30. The van der Waals surface area contributed by atoms with Gasteiger partial charge in [-0.25, -0.2) is 0 Å². The van der Waals surface area contributed by atoms with E-state index in [1.54, 1.807) is 7.11 Å². The Labute approximate surface area is 184 Å². The quantitative estimate of drug-likeness (QED) is 0.637. The summed E-state index contributed by atoms with van der Waals surface area (Å²) in [5.41, 5.74) is -0.558. The Morgan fingerprint density at radius 2 is 1.52 bits per heavy atom. The summed E-state index contributed by atoms with van der Waals surface area (Å²) >= 11 is 0. The van der Waals surface area contributed by atoms with Crippen LogP contribution in [0.1, 0.15) is 65.2 Å². The summed E-state index contributed by atoms with van der Waals surface area (Å²) in [5, 5.41) is 16.7. The number of oxime groups is 1. The Balaban J connectivity index is 1.39. The second-order valence-corrected chi connectivity index (χ2v) is 11.3. The standard InChI is InChI=1S/C24H37NO6/c1-20-8-9-22(28-10-11-29-22)15-23(20,26)19(25-27-3)14-16-17(20)4-6-21(2)18(16)5-7-24(21)30-12-13-31-24/h16-18,26H,4-15H2,1-3H3/b25-19+/t16-,17+,18+,20-,21+,23+/m1/s1. The predicted octanol–water partition coefficient (Wildman–Crippen LogP) is 3.24. The zero-order valence-corrected chi connectivity index (χ0v) is 19.2. The first-order valence-corrected chi connectivity index (χ1v) is 12.2. The number of hydrogen-bond donors (Lipinski definition) is 1. The van der Waals surface area contributed by atoms with Gasteiger partial charge in [0, 0.05) is 30.1 Å². The molecule has 7 nitrogen and oxygen atoms in total. The van der Waals surface area contributed by atoms with Gasteiger partial charge in [0.2, 0.25) is 0 Å².